The molecule has 0 unspecified atom stereocenters. The predicted molar refractivity (Wildman–Crippen MR) is 80.5 cm³/mol. The Morgan fingerprint density at radius 3 is 2.77 bits per heavy atom. The maximum Gasteiger partial charge on any atom is 0.266 e. The molecule has 1 aromatic rings. The number of hydrogen-bond acceptors (Lipinski definition) is 5. The molecule has 2 aliphatic rings. The van der Waals surface area contributed by atoms with Gasteiger partial charge in [0.05, 0.1) is 24.9 Å². The highest BCUT2D eigenvalue weighted by molar-refractivity contribution is 5.81. The minimum Gasteiger partial charge on any atom is -0.378 e. The molecule has 1 saturated heterocycles. The lowest BCUT2D eigenvalue weighted by Crippen LogP contribution is -2.51. The first-order valence-corrected chi connectivity index (χ1v) is 7.73. The summed E-state index contributed by atoms with van der Waals surface area (Å²) in [6, 6.07) is 1.45. The summed E-state index contributed by atoms with van der Waals surface area (Å²) in [5, 5.41) is 4.31. The number of carbonyl (C=O) groups excluding carboxylic acids is 1. The van der Waals surface area contributed by atoms with Crippen LogP contribution in [0.3, 0.4) is 0 Å². The van der Waals surface area contributed by atoms with Crippen molar-refractivity contribution in [3.8, 4) is 0 Å². The van der Waals surface area contributed by atoms with Gasteiger partial charge in [-0.25, -0.2) is 4.68 Å². The number of fused-ring (bicyclic) bond motifs is 1. The summed E-state index contributed by atoms with van der Waals surface area (Å²) in [7, 11) is 1.67. The summed E-state index contributed by atoms with van der Waals surface area (Å²) in [4.78, 5) is 28.3. The van der Waals surface area contributed by atoms with Crippen LogP contribution < -0.4 is 5.56 Å². The molecule has 120 valence electrons. The van der Waals surface area contributed by atoms with Crippen LogP contribution in [0.15, 0.2) is 10.9 Å². The summed E-state index contributed by atoms with van der Waals surface area (Å²) >= 11 is 0. The van der Waals surface area contributed by atoms with Crippen molar-refractivity contribution in [2.24, 2.45) is 7.05 Å². The lowest BCUT2D eigenvalue weighted by atomic mass is 10.0. The third kappa shape index (κ3) is 2.91. The van der Waals surface area contributed by atoms with E-state index in [1.165, 1.54) is 4.68 Å². The average Bonchev–Trinajstić information content (AvgIpc) is 2.55. The maximum absolute atomic E-state index is 12.6. The van der Waals surface area contributed by atoms with Gasteiger partial charge in [0.1, 0.15) is 0 Å². The lowest BCUT2D eigenvalue weighted by Gasteiger charge is -2.36. The van der Waals surface area contributed by atoms with E-state index in [9.17, 15) is 9.59 Å². The summed E-state index contributed by atoms with van der Waals surface area (Å²) in [5.74, 6) is 0.142. The van der Waals surface area contributed by atoms with Crippen LogP contribution in [-0.2, 0) is 29.5 Å². The molecule has 1 aromatic heterocycles. The van der Waals surface area contributed by atoms with Crippen molar-refractivity contribution >= 4 is 5.91 Å². The Morgan fingerprint density at radius 1 is 1.32 bits per heavy atom. The molecule has 0 spiro atoms. The summed E-state index contributed by atoms with van der Waals surface area (Å²) in [5.41, 5.74) is 1.80. The second kappa shape index (κ2) is 6.18. The van der Waals surface area contributed by atoms with Crippen LogP contribution in [0.5, 0.6) is 0 Å². The van der Waals surface area contributed by atoms with Gasteiger partial charge in [-0.05, 0) is 12.5 Å². The normalized spacial score (nSPS) is 20.5. The lowest BCUT2D eigenvalue weighted by molar-refractivity contribution is -0.140. The van der Waals surface area contributed by atoms with Gasteiger partial charge in [0, 0.05) is 45.7 Å². The van der Waals surface area contributed by atoms with Gasteiger partial charge in [-0.1, -0.05) is 0 Å². The fourth-order valence-electron chi connectivity index (χ4n) is 3.05. The van der Waals surface area contributed by atoms with E-state index in [-0.39, 0.29) is 17.5 Å². The first-order chi connectivity index (χ1) is 10.6. The molecule has 0 bridgehead atoms. The number of carbonyl (C=O) groups is 1. The van der Waals surface area contributed by atoms with Crippen molar-refractivity contribution in [2.75, 3.05) is 32.8 Å². The third-order valence-electron chi connectivity index (χ3n) is 4.50. The van der Waals surface area contributed by atoms with Crippen molar-refractivity contribution < 1.29 is 9.53 Å². The molecule has 7 nitrogen and oxygen atoms in total. The minimum absolute atomic E-state index is 0.104. The predicted octanol–water partition coefficient (Wildman–Crippen LogP) is -0.614. The molecule has 22 heavy (non-hydrogen) atoms. The van der Waals surface area contributed by atoms with Crippen molar-refractivity contribution in [1.82, 2.24) is 19.6 Å². The Kier molecular flexibility index (Phi) is 4.26. The zero-order valence-electron chi connectivity index (χ0n) is 13.1. The van der Waals surface area contributed by atoms with E-state index in [1.807, 2.05) is 11.8 Å². The van der Waals surface area contributed by atoms with E-state index < -0.39 is 0 Å². The first-order valence-electron chi connectivity index (χ1n) is 7.73. The molecule has 1 fully saturated rings. The first kappa shape index (κ1) is 15.2. The summed E-state index contributed by atoms with van der Waals surface area (Å²) in [6.45, 7) is 5.89. The molecule has 0 aromatic carbocycles. The van der Waals surface area contributed by atoms with Gasteiger partial charge in [-0.3, -0.25) is 14.5 Å². The number of rotatable bonds is 2. The van der Waals surface area contributed by atoms with Gasteiger partial charge in [-0.15, -0.1) is 0 Å². The third-order valence-corrected chi connectivity index (χ3v) is 4.50. The van der Waals surface area contributed by atoms with E-state index in [4.69, 9.17) is 4.74 Å². The molecular formula is C15H22N4O3. The van der Waals surface area contributed by atoms with Gasteiger partial charge in [-0.2, -0.15) is 5.10 Å². The Hall–Kier alpha value is -1.73. The number of amides is 1. The number of aryl methyl sites for hydroxylation is 1. The monoisotopic (exact) mass is 306 g/mol. The minimum atomic E-state index is -0.185. The van der Waals surface area contributed by atoms with E-state index in [0.717, 1.165) is 24.2 Å². The molecule has 0 N–H and O–H groups in total. The Balaban J connectivity index is 1.72. The highest BCUT2D eigenvalue weighted by Gasteiger charge is 2.30. The molecule has 1 amide bonds. The zero-order valence-corrected chi connectivity index (χ0v) is 13.1. The van der Waals surface area contributed by atoms with Gasteiger partial charge < -0.3 is 9.64 Å². The largest absolute Gasteiger partial charge is 0.378 e. The molecule has 3 rings (SSSR count). The van der Waals surface area contributed by atoms with E-state index in [0.29, 0.717) is 32.8 Å². The summed E-state index contributed by atoms with van der Waals surface area (Å²) in [6.07, 6.45) is 0.768. The fraction of sp³-hybridized carbons (Fsp3) is 0.667. The SMILES string of the molecule is C[C@H](C(=O)N1CCOCC1)N1CCc2nn(C)c(=O)cc2C1. The van der Waals surface area contributed by atoms with Crippen LogP contribution in [0, 0.1) is 0 Å². The van der Waals surface area contributed by atoms with Crippen LogP contribution in [0.1, 0.15) is 18.2 Å². The van der Waals surface area contributed by atoms with Gasteiger partial charge >= 0.3 is 0 Å². The molecule has 1 atom stereocenters. The van der Waals surface area contributed by atoms with Crippen LogP contribution in [-0.4, -0.2) is 64.4 Å². The molecule has 2 aliphatic heterocycles. The average molecular weight is 306 g/mol. The highest BCUT2D eigenvalue weighted by atomic mass is 16.5. The van der Waals surface area contributed by atoms with E-state index in [2.05, 4.69) is 10.00 Å². The van der Waals surface area contributed by atoms with E-state index in [1.54, 1.807) is 13.1 Å². The number of nitrogens with zero attached hydrogens (tertiary/aromatic N) is 4. The van der Waals surface area contributed by atoms with Gasteiger partial charge in [0.25, 0.3) is 5.56 Å². The number of hydrogen-bond donors (Lipinski definition) is 0. The number of aromatic nitrogens is 2. The van der Waals surface area contributed by atoms with Gasteiger partial charge in [0.15, 0.2) is 0 Å². The quantitative estimate of drug-likeness (QED) is 0.729. The van der Waals surface area contributed by atoms with Gasteiger partial charge in [0.2, 0.25) is 5.91 Å². The second-order valence-corrected chi connectivity index (χ2v) is 5.91. The number of morpholine rings is 1. The smallest absolute Gasteiger partial charge is 0.266 e. The van der Waals surface area contributed by atoms with Crippen molar-refractivity contribution in [1.29, 1.82) is 0 Å². The molecular weight excluding hydrogens is 284 g/mol. The van der Waals surface area contributed by atoms with Crippen LogP contribution in [0.4, 0.5) is 0 Å². The molecule has 7 heteroatoms. The van der Waals surface area contributed by atoms with Crippen LogP contribution in [0.2, 0.25) is 0 Å². The topological polar surface area (TPSA) is 67.7 Å². The standard InChI is InChI=1S/C15H22N4O3/c1-11(15(21)18-5-7-22-8-6-18)19-4-3-13-12(10-19)9-14(20)17(2)16-13/h9,11H,3-8,10H2,1-2H3/t11-/m1/s1. The van der Waals surface area contributed by atoms with Crippen molar-refractivity contribution in [3.05, 3.63) is 27.7 Å². The van der Waals surface area contributed by atoms with E-state index >= 15 is 0 Å². The molecule has 3 heterocycles. The van der Waals surface area contributed by atoms with Crippen molar-refractivity contribution in [2.45, 2.75) is 25.9 Å². The second-order valence-electron chi connectivity index (χ2n) is 5.91. The Bertz CT molecular complexity index is 622. The fourth-order valence-corrected chi connectivity index (χ4v) is 3.05. The Labute approximate surface area is 129 Å². The molecule has 0 aliphatic carbocycles. The molecule has 0 saturated carbocycles. The van der Waals surface area contributed by atoms with Crippen LogP contribution >= 0.6 is 0 Å². The van der Waals surface area contributed by atoms with Crippen molar-refractivity contribution in [3.63, 3.8) is 0 Å². The Morgan fingerprint density at radius 2 is 2.05 bits per heavy atom. The zero-order chi connectivity index (χ0) is 15.7. The molecule has 0 radical (unpaired) electrons. The maximum atomic E-state index is 12.6. The summed E-state index contributed by atoms with van der Waals surface area (Å²) < 4.78 is 6.66. The highest BCUT2D eigenvalue weighted by Crippen LogP contribution is 2.18. The van der Waals surface area contributed by atoms with Crippen LogP contribution in [0.25, 0.3) is 0 Å². The number of ether oxygens (including phenoxy) is 1.